The summed E-state index contributed by atoms with van der Waals surface area (Å²) in [6.45, 7) is 0. The van der Waals surface area contributed by atoms with E-state index in [1.54, 1.807) is 0 Å². The van der Waals surface area contributed by atoms with Crippen molar-refractivity contribution in [1.29, 1.82) is 0 Å². The number of hydrogen-bond donors (Lipinski definition) is 1. The molecule has 18 heavy (non-hydrogen) atoms. The van der Waals surface area contributed by atoms with E-state index in [0.717, 1.165) is 18.4 Å². The van der Waals surface area contributed by atoms with Crippen LogP contribution in [0.15, 0.2) is 22.7 Å². The van der Waals surface area contributed by atoms with E-state index >= 15 is 0 Å². The molecule has 8 heteroatoms. The van der Waals surface area contributed by atoms with Crippen LogP contribution < -0.4 is 0 Å². The molecule has 1 N–H and O–H groups in total. The van der Waals surface area contributed by atoms with Gasteiger partial charge in [-0.25, -0.2) is 12.8 Å². The molecule has 0 amide bonds. The molecule has 2 aromatic rings. The molecule has 0 saturated carbocycles. The van der Waals surface area contributed by atoms with Gasteiger partial charge in [0.05, 0.1) is 5.56 Å². The second kappa shape index (κ2) is 4.37. The first-order valence-electron chi connectivity index (χ1n) is 4.84. The van der Waals surface area contributed by atoms with Crippen LogP contribution in [0.25, 0.3) is 11.5 Å². The molecule has 0 bridgehead atoms. The number of aromatic nitrogens is 2. The molecule has 0 aliphatic heterocycles. The predicted octanol–water partition coefficient (Wildman–Crippen LogP) is 1.13. The van der Waals surface area contributed by atoms with E-state index in [1.807, 2.05) is 0 Å². The average Bonchev–Trinajstić information content (AvgIpc) is 2.63. The molecule has 0 atom stereocenters. The topological polar surface area (TPSA) is 93.3 Å². The lowest BCUT2D eigenvalue weighted by molar-refractivity contribution is 0.418. The maximum Gasteiger partial charge on any atom is 0.261 e. The second-order valence-electron chi connectivity index (χ2n) is 3.75. The lowest BCUT2D eigenvalue weighted by Crippen LogP contribution is -2.02. The maximum atomic E-state index is 12.8. The highest BCUT2D eigenvalue weighted by molar-refractivity contribution is 7.89. The number of aromatic hydroxyl groups is 1. The number of phenolic OH excluding ortho intramolecular Hbond substituents is 1. The molecule has 0 aliphatic rings. The van der Waals surface area contributed by atoms with Crippen LogP contribution in [0.3, 0.4) is 0 Å². The molecule has 1 aromatic heterocycles. The number of benzene rings is 1. The van der Waals surface area contributed by atoms with Gasteiger partial charge in [-0.1, -0.05) is 5.16 Å². The Morgan fingerprint density at radius 3 is 2.78 bits per heavy atom. The van der Waals surface area contributed by atoms with Crippen molar-refractivity contribution in [3.05, 3.63) is 29.8 Å². The Balaban J connectivity index is 2.35. The van der Waals surface area contributed by atoms with E-state index in [9.17, 15) is 17.9 Å². The molecule has 0 spiro atoms. The van der Waals surface area contributed by atoms with E-state index in [0.29, 0.717) is 0 Å². The normalized spacial score (nSPS) is 11.7. The van der Waals surface area contributed by atoms with Gasteiger partial charge in [0.1, 0.15) is 17.3 Å². The standard InChI is InChI=1S/C10H9FN2O4S/c1-18(15,16)5-9-12-10(17-13-9)7-3-2-6(11)4-8(7)14/h2-4,14H,5H2,1H3. The Hall–Kier alpha value is -1.96. The molecule has 0 fully saturated rings. The molecule has 0 saturated heterocycles. The summed E-state index contributed by atoms with van der Waals surface area (Å²) in [6.07, 6.45) is 1.04. The Morgan fingerprint density at radius 1 is 1.44 bits per heavy atom. The summed E-state index contributed by atoms with van der Waals surface area (Å²) in [6, 6.07) is 3.29. The highest BCUT2D eigenvalue weighted by Crippen LogP contribution is 2.28. The van der Waals surface area contributed by atoms with Crippen molar-refractivity contribution < 1.29 is 22.4 Å². The minimum absolute atomic E-state index is 0.0174. The molecular weight excluding hydrogens is 263 g/mol. The van der Waals surface area contributed by atoms with E-state index in [1.165, 1.54) is 6.07 Å². The lowest BCUT2D eigenvalue weighted by Gasteiger charge is -1.98. The smallest absolute Gasteiger partial charge is 0.261 e. The number of nitrogens with zero attached hydrogens (tertiary/aromatic N) is 2. The first kappa shape index (κ1) is 12.5. The molecule has 1 heterocycles. The number of sulfone groups is 1. The summed E-state index contributed by atoms with van der Waals surface area (Å²) >= 11 is 0. The van der Waals surface area contributed by atoms with Crippen molar-refractivity contribution in [1.82, 2.24) is 10.1 Å². The summed E-state index contributed by atoms with van der Waals surface area (Å²) in [5.41, 5.74) is 0.142. The van der Waals surface area contributed by atoms with Gasteiger partial charge in [0.25, 0.3) is 5.89 Å². The molecule has 2 rings (SSSR count). The Morgan fingerprint density at radius 2 is 2.17 bits per heavy atom. The van der Waals surface area contributed by atoms with Crippen LogP contribution in [0.1, 0.15) is 5.82 Å². The van der Waals surface area contributed by atoms with Crippen molar-refractivity contribution in [2.75, 3.05) is 6.26 Å². The fraction of sp³-hybridized carbons (Fsp3) is 0.200. The molecule has 0 unspecified atom stereocenters. The Kier molecular flexibility index (Phi) is 3.04. The quantitative estimate of drug-likeness (QED) is 0.900. The number of hydrogen-bond acceptors (Lipinski definition) is 6. The largest absolute Gasteiger partial charge is 0.507 e. The zero-order valence-electron chi connectivity index (χ0n) is 9.29. The van der Waals surface area contributed by atoms with Gasteiger partial charge in [-0.15, -0.1) is 0 Å². The van der Waals surface area contributed by atoms with E-state index in [2.05, 4.69) is 10.1 Å². The number of phenols is 1. The van der Waals surface area contributed by atoms with Crippen molar-refractivity contribution in [3.8, 4) is 17.2 Å². The number of halogens is 1. The molecule has 6 nitrogen and oxygen atoms in total. The van der Waals surface area contributed by atoms with Gasteiger partial charge in [-0.3, -0.25) is 0 Å². The van der Waals surface area contributed by atoms with Crippen LogP contribution in [0, 0.1) is 5.82 Å². The Labute approximate surface area is 102 Å². The first-order chi connectivity index (χ1) is 8.35. The monoisotopic (exact) mass is 272 g/mol. The first-order valence-corrected chi connectivity index (χ1v) is 6.90. The van der Waals surface area contributed by atoms with Gasteiger partial charge < -0.3 is 9.63 Å². The summed E-state index contributed by atoms with van der Waals surface area (Å²) in [5, 5.41) is 13.0. The zero-order valence-corrected chi connectivity index (χ0v) is 10.1. The predicted molar refractivity (Wildman–Crippen MR) is 59.9 cm³/mol. The summed E-state index contributed by atoms with van der Waals surface area (Å²) in [5.74, 6) is -1.41. The molecule has 0 aliphatic carbocycles. The maximum absolute atomic E-state index is 12.8. The summed E-state index contributed by atoms with van der Waals surface area (Å²) in [7, 11) is -3.27. The zero-order chi connectivity index (χ0) is 13.3. The van der Waals surface area contributed by atoms with Crippen LogP contribution in [0.2, 0.25) is 0 Å². The highest BCUT2D eigenvalue weighted by Gasteiger charge is 2.16. The van der Waals surface area contributed by atoms with Crippen molar-refractivity contribution in [3.63, 3.8) is 0 Å². The molecule has 0 radical (unpaired) electrons. The van der Waals surface area contributed by atoms with Gasteiger partial charge >= 0.3 is 0 Å². The lowest BCUT2D eigenvalue weighted by atomic mass is 10.2. The SMILES string of the molecule is CS(=O)(=O)Cc1noc(-c2ccc(F)cc2O)n1. The van der Waals surface area contributed by atoms with Gasteiger partial charge in [0, 0.05) is 12.3 Å². The molecular formula is C10H9FN2O4S. The summed E-state index contributed by atoms with van der Waals surface area (Å²) in [4.78, 5) is 3.82. The van der Waals surface area contributed by atoms with Crippen molar-refractivity contribution in [2.24, 2.45) is 0 Å². The van der Waals surface area contributed by atoms with Gasteiger partial charge in [0.2, 0.25) is 0 Å². The van der Waals surface area contributed by atoms with Gasteiger partial charge in [-0.05, 0) is 12.1 Å². The third-order valence-corrected chi connectivity index (χ3v) is 2.83. The third kappa shape index (κ3) is 2.83. The fourth-order valence-corrected chi connectivity index (χ4v) is 1.93. The minimum Gasteiger partial charge on any atom is -0.507 e. The third-order valence-electron chi connectivity index (χ3n) is 2.05. The van der Waals surface area contributed by atoms with Crippen LogP contribution in [0.4, 0.5) is 4.39 Å². The second-order valence-corrected chi connectivity index (χ2v) is 5.89. The van der Waals surface area contributed by atoms with Crippen LogP contribution in [0.5, 0.6) is 5.75 Å². The summed E-state index contributed by atoms with van der Waals surface area (Å²) < 4.78 is 39.7. The molecule has 1 aromatic carbocycles. The van der Waals surface area contributed by atoms with Gasteiger partial charge in [-0.2, -0.15) is 4.98 Å². The minimum atomic E-state index is -3.27. The van der Waals surface area contributed by atoms with Crippen molar-refractivity contribution >= 4 is 9.84 Å². The fourth-order valence-electron chi connectivity index (χ4n) is 1.34. The van der Waals surface area contributed by atoms with E-state index in [4.69, 9.17) is 4.52 Å². The molecule has 96 valence electrons. The average molecular weight is 272 g/mol. The van der Waals surface area contributed by atoms with Crippen LogP contribution >= 0.6 is 0 Å². The highest BCUT2D eigenvalue weighted by atomic mass is 32.2. The number of rotatable bonds is 3. The Bertz CT molecular complexity index is 681. The van der Waals surface area contributed by atoms with E-state index < -0.39 is 15.7 Å². The van der Waals surface area contributed by atoms with Crippen LogP contribution in [-0.4, -0.2) is 29.9 Å². The van der Waals surface area contributed by atoms with Crippen LogP contribution in [-0.2, 0) is 15.6 Å². The van der Waals surface area contributed by atoms with E-state index in [-0.39, 0.29) is 28.8 Å². The van der Waals surface area contributed by atoms with Gasteiger partial charge in [0.15, 0.2) is 15.7 Å². The van der Waals surface area contributed by atoms with Crippen molar-refractivity contribution in [2.45, 2.75) is 5.75 Å².